The van der Waals surface area contributed by atoms with Crippen molar-refractivity contribution in [2.24, 2.45) is 5.92 Å². The van der Waals surface area contributed by atoms with Gasteiger partial charge in [-0.1, -0.05) is 19.1 Å². The fourth-order valence-corrected chi connectivity index (χ4v) is 3.94. The minimum atomic E-state index is -0.220. The minimum absolute atomic E-state index is 0.0843. The Morgan fingerprint density at radius 2 is 1.97 bits per heavy atom. The van der Waals surface area contributed by atoms with Crippen molar-refractivity contribution >= 4 is 28.3 Å². The van der Waals surface area contributed by atoms with Crippen LogP contribution in [-0.4, -0.2) is 37.2 Å². The Hall–Kier alpha value is -3.28. The number of para-hydroxylation sites is 1. The molecule has 1 saturated heterocycles. The van der Waals surface area contributed by atoms with E-state index in [0.717, 1.165) is 35.6 Å². The molecule has 3 aromatic rings. The molecule has 1 amide bonds. The van der Waals surface area contributed by atoms with Crippen molar-refractivity contribution in [3.63, 3.8) is 0 Å². The Morgan fingerprint density at radius 1 is 1.13 bits per heavy atom. The summed E-state index contributed by atoms with van der Waals surface area (Å²) in [5.41, 5.74) is 1.49. The molecule has 2 aromatic carbocycles. The van der Waals surface area contributed by atoms with Crippen LogP contribution < -0.4 is 19.7 Å². The molecule has 0 radical (unpaired) electrons. The van der Waals surface area contributed by atoms with Crippen LogP contribution >= 0.6 is 0 Å². The van der Waals surface area contributed by atoms with E-state index < -0.39 is 0 Å². The zero-order chi connectivity index (χ0) is 21.6. The van der Waals surface area contributed by atoms with E-state index in [2.05, 4.69) is 29.3 Å². The van der Waals surface area contributed by atoms with Gasteiger partial charge in [0.2, 0.25) is 0 Å². The molecular weight excluding hydrogens is 390 g/mol. The van der Waals surface area contributed by atoms with Gasteiger partial charge in [0, 0.05) is 24.2 Å². The fourth-order valence-electron chi connectivity index (χ4n) is 3.94. The van der Waals surface area contributed by atoms with Crippen molar-refractivity contribution in [3.8, 4) is 11.5 Å². The first-order valence-electron chi connectivity index (χ1n) is 10.9. The Bertz CT molecular complexity index is 1040. The predicted molar refractivity (Wildman–Crippen MR) is 124 cm³/mol. The van der Waals surface area contributed by atoms with Crippen LogP contribution in [0.3, 0.4) is 0 Å². The summed E-state index contributed by atoms with van der Waals surface area (Å²) in [4.78, 5) is 19.6. The monoisotopic (exact) mass is 419 g/mol. The van der Waals surface area contributed by atoms with E-state index >= 15 is 0 Å². The number of hydrogen-bond donors (Lipinski definition) is 1. The second-order valence-electron chi connectivity index (χ2n) is 7.98. The highest BCUT2D eigenvalue weighted by Crippen LogP contribution is 2.28. The van der Waals surface area contributed by atoms with Crippen LogP contribution in [0.5, 0.6) is 11.5 Å². The molecule has 1 aliphatic heterocycles. The highest BCUT2D eigenvalue weighted by molar-refractivity contribution is 5.92. The smallest absolute Gasteiger partial charge is 0.262 e. The summed E-state index contributed by atoms with van der Waals surface area (Å²) in [5.74, 6) is 2.81. The molecular formula is C25H29N3O3. The number of aromatic nitrogens is 1. The van der Waals surface area contributed by atoms with Crippen LogP contribution in [0, 0.1) is 5.92 Å². The number of benzene rings is 2. The predicted octanol–water partition coefficient (Wildman–Crippen LogP) is 4.89. The van der Waals surface area contributed by atoms with Gasteiger partial charge in [0.15, 0.2) is 6.61 Å². The van der Waals surface area contributed by atoms with E-state index in [9.17, 15) is 4.79 Å². The third kappa shape index (κ3) is 5.26. The molecule has 1 atom stereocenters. The second kappa shape index (κ2) is 9.69. The summed E-state index contributed by atoms with van der Waals surface area (Å²) >= 11 is 0. The lowest BCUT2D eigenvalue weighted by molar-refractivity contribution is -0.118. The van der Waals surface area contributed by atoms with Gasteiger partial charge in [-0.25, -0.2) is 4.98 Å². The van der Waals surface area contributed by atoms with Gasteiger partial charge < -0.3 is 19.7 Å². The zero-order valence-corrected chi connectivity index (χ0v) is 18.1. The van der Waals surface area contributed by atoms with Crippen molar-refractivity contribution in [3.05, 3.63) is 54.6 Å². The van der Waals surface area contributed by atoms with Gasteiger partial charge >= 0.3 is 0 Å². The van der Waals surface area contributed by atoms with Gasteiger partial charge in [0.1, 0.15) is 22.8 Å². The standard InChI is InChI=1S/C25H29N3O3/c1-3-30-21-12-10-20(11-13-21)26-24(29)17-31-22-8-4-7-19-9-14-23(27-25(19)22)28-15-5-6-18(2)16-28/h4,7-14,18H,3,5-6,15-17H2,1-2H3,(H,26,29)/t18-/m1/s1. The van der Waals surface area contributed by atoms with Crippen LogP contribution in [0.1, 0.15) is 26.7 Å². The molecule has 0 aliphatic carbocycles. The van der Waals surface area contributed by atoms with Crippen LogP contribution in [0.15, 0.2) is 54.6 Å². The van der Waals surface area contributed by atoms with Crippen molar-refractivity contribution < 1.29 is 14.3 Å². The number of nitrogens with zero attached hydrogens (tertiary/aromatic N) is 2. The van der Waals surface area contributed by atoms with Gasteiger partial charge in [0.05, 0.1) is 6.61 Å². The SMILES string of the molecule is CCOc1ccc(NC(=O)COc2cccc3ccc(N4CCC[C@@H](C)C4)nc23)cc1. The molecule has 0 spiro atoms. The third-order valence-corrected chi connectivity index (χ3v) is 5.46. The topological polar surface area (TPSA) is 63.7 Å². The molecule has 1 aromatic heterocycles. The van der Waals surface area contributed by atoms with E-state index in [0.29, 0.717) is 24.0 Å². The number of nitrogens with one attached hydrogen (secondary N) is 1. The van der Waals surface area contributed by atoms with E-state index in [1.54, 1.807) is 0 Å². The summed E-state index contributed by atoms with van der Waals surface area (Å²) in [7, 11) is 0. The number of hydrogen-bond acceptors (Lipinski definition) is 5. The maximum Gasteiger partial charge on any atom is 0.262 e. The van der Waals surface area contributed by atoms with Gasteiger partial charge in [-0.05, 0) is 68.1 Å². The first kappa shape index (κ1) is 21.0. The molecule has 1 fully saturated rings. The van der Waals surface area contributed by atoms with Gasteiger partial charge in [-0.15, -0.1) is 0 Å². The summed E-state index contributed by atoms with van der Waals surface area (Å²) in [6, 6.07) is 17.2. The number of piperidine rings is 1. The maximum absolute atomic E-state index is 12.4. The van der Waals surface area contributed by atoms with Gasteiger partial charge in [0.25, 0.3) is 5.91 Å². The largest absolute Gasteiger partial charge is 0.494 e. The van der Waals surface area contributed by atoms with E-state index in [1.807, 2.05) is 49.4 Å². The molecule has 6 heteroatoms. The van der Waals surface area contributed by atoms with Crippen LogP contribution in [-0.2, 0) is 4.79 Å². The first-order valence-corrected chi connectivity index (χ1v) is 10.9. The molecule has 0 saturated carbocycles. The molecule has 0 bridgehead atoms. The third-order valence-electron chi connectivity index (χ3n) is 5.46. The molecule has 1 aliphatic rings. The summed E-state index contributed by atoms with van der Waals surface area (Å²) < 4.78 is 11.3. The summed E-state index contributed by atoms with van der Waals surface area (Å²) in [6.45, 7) is 6.79. The molecule has 162 valence electrons. The lowest BCUT2D eigenvalue weighted by atomic mass is 10.0. The molecule has 4 rings (SSSR count). The normalized spacial score (nSPS) is 16.2. The lowest BCUT2D eigenvalue weighted by Gasteiger charge is -2.32. The van der Waals surface area contributed by atoms with Crippen molar-refractivity contribution in [1.82, 2.24) is 4.98 Å². The van der Waals surface area contributed by atoms with Crippen molar-refractivity contribution in [1.29, 1.82) is 0 Å². The van der Waals surface area contributed by atoms with Crippen molar-refractivity contribution in [2.75, 3.05) is 36.5 Å². The molecule has 31 heavy (non-hydrogen) atoms. The Morgan fingerprint density at radius 3 is 2.74 bits per heavy atom. The number of anilines is 2. The number of pyridine rings is 1. The van der Waals surface area contributed by atoms with E-state index in [4.69, 9.17) is 14.5 Å². The molecule has 6 nitrogen and oxygen atoms in total. The Kier molecular flexibility index (Phi) is 6.55. The quantitative estimate of drug-likeness (QED) is 0.591. The summed E-state index contributed by atoms with van der Waals surface area (Å²) in [5, 5.41) is 3.85. The second-order valence-corrected chi connectivity index (χ2v) is 7.98. The molecule has 0 unspecified atom stereocenters. The van der Waals surface area contributed by atoms with Crippen LogP contribution in [0.4, 0.5) is 11.5 Å². The first-order chi connectivity index (χ1) is 15.1. The number of rotatable bonds is 7. The zero-order valence-electron chi connectivity index (χ0n) is 18.1. The molecule has 2 heterocycles. The van der Waals surface area contributed by atoms with Gasteiger partial charge in [-0.2, -0.15) is 0 Å². The number of ether oxygens (including phenoxy) is 2. The van der Waals surface area contributed by atoms with E-state index in [1.165, 1.54) is 12.8 Å². The summed E-state index contributed by atoms with van der Waals surface area (Å²) in [6.07, 6.45) is 2.45. The average Bonchev–Trinajstić information content (AvgIpc) is 2.79. The highest BCUT2D eigenvalue weighted by Gasteiger charge is 2.18. The highest BCUT2D eigenvalue weighted by atomic mass is 16.5. The number of fused-ring (bicyclic) bond motifs is 1. The Labute approximate surface area is 183 Å². The van der Waals surface area contributed by atoms with Crippen LogP contribution in [0.2, 0.25) is 0 Å². The van der Waals surface area contributed by atoms with Gasteiger partial charge in [-0.3, -0.25) is 4.79 Å². The Balaban J connectivity index is 1.43. The number of carbonyl (C=O) groups excluding carboxylic acids is 1. The maximum atomic E-state index is 12.4. The number of carbonyl (C=O) groups is 1. The minimum Gasteiger partial charge on any atom is -0.494 e. The average molecular weight is 420 g/mol. The van der Waals surface area contributed by atoms with Crippen molar-refractivity contribution in [2.45, 2.75) is 26.7 Å². The van der Waals surface area contributed by atoms with Crippen LogP contribution in [0.25, 0.3) is 10.9 Å². The molecule has 1 N–H and O–H groups in total. The van der Waals surface area contributed by atoms with E-state index in [-0.39, 0.29) is 12.5 Å². The lowest BCUT2D eigenvalue weighted by Crippen LogP contribution is -2.34. The number of amides is 1. The fraction of sp³-hybridized carbons (Fsp3) is 0.360.